The molecule has 0 radical (unpaired) electrons. The van der Waals surface area contributed by atoms with E-state index in [1.165, 1.54) is 31.2 Å². The van der Waals surface area contributed by atoms with Crippen molar-refractivity contribution in [1.29, 1.82) is 0 Å². The quantitative estimate of drug-likeness (QED) is 0.582. The normalized spacial score (nSPS) is 14.0. The Morgan fingerprint density at radius 3 is 2.33 bits per heavy atom. The van der Waals surface area contributed by atoms with E-state index in [1.54, 1.807) is 21.7 Å². The van der Waals surface area contributed by atoms with Gasteiger partial charge in [-0.2, -0.15) is 18.3 Å². The van der Waals surface area contributed by atoms with Crippen molar-refractivity contribution in [2.45, 2.75) is 32.6 Å². The van der Waals surface area contributed by atoms with Crippen LogP contribution < -0.4 is 0 Å². The molecular formula is C22H19F4N3O. The molecule has 1 aliphatic rings. The van der Waals surface area contributed by atoms with Crippen LogP contribution >= 0.6 is 0 Å². The maximum atomic E-state index is 13.4. The molecule has 1 aliphatic heterocycles. The van der Waals surface area contributed by atoms with Gasteiger partial charge in [0.1, 0.15) is 5.82 Å². The first kappa shape index (κ1) is 20.1. The molecule has 1 amide bonds. The van der Waals surface area contributed by atoms with E-state index < -0.39 is 11.7 Å². The number of amides is 1. The van der Waals surface area contributed by atoms with Crippen molar-refractivity contribution in [3.05, 3.63) is 76.7 Å². The largest absolute Gasteiger partial charge is 0.416 e. The van der Waals surface area contributed by atoms with E-state index >= 15 is 0 Å². The zero-order valence-electron chi connectivity index (χ0n) is 16.2. The number of aromatic nitrogens is 2. The lowest BCUT2D eigenvalue weighted by Gasteiger charge is -2.27. The number of hydrogen-bond acceptors (Lipinski definition) is 2. The van der Waals surface area contributed by atoms with Crippen LogP contribution in [0.15, 0.2) is 48.5 Å². The summed E-state index contributed by atoms with van der Waals surface area (Å²) in [5, 5.41) is 4.69. The number of carbonyl (C=O) groups excluding carboxylic acids is 1. The molecule has 2 aromatic carbocycles. The zero-order chi connectivity index (χ0) is 21.5. The summed E-state index contributed by atoms with van der Waals surface area (Å²) in [6.45, 7) is 2.76. The highest BCUT2D eigenvalue weighted by Gasteiger charge is 2.30. The highest BCUT2D eigenvalue weighted by Crippen LogP contribution is 2.32. The van der Waals surface area contributed by atoms with E-state index in [9.17, 15) is 22.4 Å². The van der Waals surface area contributed by atoms with Gasteiger partial charge in [-0.25, -0.2) is 4.39 Å². The minimum absolute atomic E-state index is 0.0406. The Morgan fingerprint density at radius 2 is 1.73 bits per heavy atom. The Hall–Kier alpha value is -3.16. The van der Waals surface area contributed by atoms with Crippen molar-refractivity contribution in [3.8, 4) is 11.3 Å². The average Bonchev–Trinajstić information content (AvgIpc) is 3.06. The predicted octanol–water partition coefficient (Wildman–Crippen LogP) is 4.66. The standard InChI is InChI=1S/C22H19F4N3O/c1-14(30)28-11-10-20-19(13-28)21(16-4-8-18(23)9-5-16)27-29(20)12-15-2-6-17(7-3-15)22(24,25)26/h2-9H,10-13H2,1H3. The lowest BCUT2D eigenvalue weighted by molar-refractivity contribution is -0.137. The summed E-state index contributed by atoms with van der Waals surface area (Å²) < 4.78 is 53.6. The third kappa shape index (κ3) is 3.94. The Bertz CT molecular complexity index is 1070. The number of benzene rings is 2. The van der Waals surface area contributed by atoms with Gasteiger partial charge in [-0.1, -0.05) is 12.1 Å². The van der Waals surface area contributed by atoms with E-state index in [-0.39, 0.29) is 11.7 Å². The number of alkyl halides is 3. The Morgan fingerprint density at radius 1 is 1.07 bits per heavy atom. The minimum Gasteiger partial charge on any atom is -0.338 e. The highest BCUT2D eigenvalue weighted by molar-refractivity contribution is 5.74. The topological polar surface area (TPSA) is 38.1 Å². The Balaban J connectivity index is 1.71. The van der Waals surface area contributed by atoms with Gasteiger partial charge < -0.3 is 4.90 Å². The van der Waals surface area contributed by atoms with E-state index in [0.717, 1.165) is 29.0 Å². The maximum absolute atomic E-state index is 13.4. The second-order valence-corrected chi connectivity index (χ2v) is 7.32. The van der Waals surface area contributed by atoms with Crippen molar-refractivity contribution < 1.29 is 22.4 Å². The second kappa shape index (κ2) is 7.59. The first-order chi connectivity index (χ1) is 14.2. The van der Waals surface area contributed by atoms with Gasteiger partial charge in [-0.15, -0.1) is 0 Å². The van der Waals surface area contributed by atoms with Crippen LogP contribution in [0.25, 0.3) is 11.3 Å². The molecule has 0 atom stereocenters. The second-order valence-electron chi connectivity index (χ2n) is 7.32. The molecule has 30 heavy (non-hydrogen) atoms. The number of fused-ring (bicyclic) bond motifs is 1. The van der Waals surface area contributed by atoms with Gasteiger partial charge in [0.2, 0.25) is 5.91 Å². The van der Waals surface area contributed by atoms with E-state index in [2.05, 4.69) is 5.10 Å². The predicted molar refractivity (Wildman–Crippen MR) is 103 cm³/mol. The van der Waals surface area contributed by atoms with E-state index in [1.807, 2.05) is 0 Å². The molecule has 2 heterocycles. The molecule has 0 N–H and O–H groups in total. The smallest absolute Gasteiger partial charge is 0.338 e. The van der Waals surface area contributed by atoms with Gasteiger partial charge in [0.15, 0.2) is 0 Å². The lowest BCUT2D eigenvalue weighted by atomic mass is 10.0. The molecule has 8 heteroatoms. The van der Waals surface area contributed by atoms with Crippen molar-refractivity contribution in [3.63, 3.8) is 0 Å². The Kier molecular flexibility index (Phi) is 5.09. The van der Waals surface area contributed by atoms with Gasteiger partial charge in [0.25, 0.3) is 0 Å². The number of rotatable bonds is 3. The average molecular weight is 417 g/mol. The summed E-state index contributed by atoms with van der Waals surface area (Å²) in [6.07, 6.45) is -3.79. The molecule has 156 valence electrons. The highest BCUT2D eigenvalue weighted by atomic mass is 19.4. The van der Waals surface area contributed by atoms with Gasteiger partial charge >= 0.3 is 6.18 Å². The van der Waals surface area contributed by atoms with Gasteiger partial charge in [0, 0.05) is 43.3 Å². The molecule has 0 bridgehead atoms. The molecule has 0 saturated heterocycles. The monoisotopic (exact) mass is 417 g/mol. The number of nitrogens with zero attached hydrogens (tertiary/aromatic N) is 3. The van der Waals surface area contributed by atoms with Crippen LogP contribution in [0, 0.1) is 5.82 Å². The number of halogens is 4. The molecule has 1 aromatic heterocycles. The first-order valence-electron chi connectivity index (χ1n) is 9.48. The van der Waals surface area contributed by atoms with Crippen LogP contribution in [0.5, 0.6) is 0 Å². The fourth-order valence-electron chi connectivity index (χ4n) is 3.70. The van der Waals surface area contributed by atoms with Gasteiger partial charge in [0.05, 0.1) is 17.8 Å². The minimum atomic E-state index is -4.38. The van der Waals surface area contributed by atoms with Crippen LogP contribution in [0.1, 0.15) is 29.3 Å². The maximum Gasteiger partial charge on any atom is 0.416 e. The fraction of sp³-hybridized carbons (Fsp3) is 0.273. The summed E-state index contributed by atoms with van der Waals surface area (Å²) in [7, 11) is 0. The third-order valence-corrected chi connectivity index (χ3v) is 5.31. The van der Waals surface area contributed by atoms with Crippen molar-refractivity contribution in [2.24, 2.45) is 0 Å². The molecule has 4 nitrogen and oxygen atoms in total. The third-order valence-electron chi connectivity index (χ3n) is 5.31. The molecule has 0 aliphatic carbocycles. The zero-order valence-corrected chi connectivity index (χ0v) is 16.2. The van der Waals surface area contributed by atoms with Crippen LogP contribution in [0.3, 0.4) is 0 Å². The molecule has 0 saturated carbocycles. The molecule has 3 aromatic rings. The summed E-state index contributed by atoms with van der Waals surface area (Å²) in [6, 6.07) is 11.0. The summed E-state index contributed by atoms with van der Waals surface area (Å²) in [4.78, 5) is 13.6. The summed E-state index contributed by atoms with van der Waals surface area (Å²) >= 11 is 0. The van der Waals surface area contributed by atoms with Crippen molar-refractivity contribution >= 4 is 5.91 Å². The van der Waals surface area contributed by atoms with E-state index in [4.69, 9.17) is 0 Å². The Labute approximate surface area is 170 Å². The van der Waals surface area contributed by atoms with Crippen LogP contribution in [0.4, 0.5) is 17.6 Å². The lowest BCUT2D eigenvalue weighted by Crippen LogP contribution is -2.34. The van der Waals surface area contributed by atoms with Crippen LogP contribution in [-0.2, 0) is 30.5 Å². The fourth-order valence-corrected chi connectivity index (χ4v) is 3.70. The van der Waals surface area contributed by atoms with Crippen LogP contribution in [-0.4, -0.2) is 27.1 Å². The molecular weight excluding hydrogens is 398 g/mol. The molecule has 0 unspecified atom stereocenters. The first-order valence-corrected chi connectivity index (χ1v) is 9.48. The number of hydrogen-bond donors (Lipinski definition) is 0. The number of carbonyl (C=O) groups is 1. The SMILES string of the molecule is CC(=O)N1CCc2c(c(-c3ccc(F)cc3)nn2Cc2ccc(C(F)(F)F)cc2)C1. The molecule has 4 rings (SSSR count). The van der Waals surface area contributed by atoms with Gasteiger partial charge in [-0.3, -0.25) is 9.48 Å². The van der Waals surface area contributed by atoms with E-state index in [0.29, 0.717) is 37.3 Å². The summed E-state index contributed by atoms with van der Waals surface area (Å²) in [5.74, 6) is -0.400. The molecule has 0 fully saturated rings. The van der Waals surface area contributed by atoms with Crippen LogP contribution in [0.2, 0.25) is 0 Å². The summed E-state index contributed by atoms with van der Waals surface area (Å²) in [5.41, 5.74) is 3.19. The van der Waals surface area contributed by atoms with Gasteiger partial charge in [-0.05, 0) is 42.0 Å². The molecule has 0 spiro atoms. The van der Waals surface area contributed by atoms with Crippen molar-refractivity contribution in [1.82, 2.24) is 14.7 Å². The van der Waals surface area contributed by atoms with Crippen molar-refractivity contribution in [2.75, 3.05) is 6.54 Å².